The van der Waals surface area contributed by atoms with E-state index in [1.54, 1.807) is 65.3 Å². The Hall–Kier alpha value is -3.55. The van der Waals surface area contributed by atoms with Gasteiger partial charge in [0.2, 0.25) is 0 Å². The normalized spacial score (nSPS) is 13.5. The minimum atomic E-state index is -0.365. The van der Waals surface area contributed by atoms with E-state index in [0.717, 1.165) is 0 Å². The molecule has 0 bridgehead atoms. The molecule has 0 saturated carbocycles. The number of nitrogens with one attached hydrogen (secondary N) is 1. The topological polar surface area (TPSA) is 88.2 Å². The van der Waals surface area contributed by atoms with Crippen molar-refractivity contribution >= 4 is 23.6 Å². The first-order chi connectivity index (χ1) is 14.5. The van der Waals surface area contributed by atoms with E-state index in [0.29, 0.717) is 55.3 Å². The highest BCUT2D eigenvalue weighted by atomic mass is 16.6. The lowest BCUT2D eigenvalue weighted by atomic mass is 10.1. The van der Waals surface area contributed by atoms with Crippen molar-refractivity contribution < 1.29 is 23.9 Å². The molecule has 2 aromatic carbocycles. The lowest BCUT2D eigenvalue weighted by molar-refractivity contribution is 0.0571. The molecule has 1 saturated heterocycles. The van der Waals surface area contributed by atoms with E-state index in [2.05, 4.69) is 5.32 Å². The van der Waals surface area contributed by atoms with Gasteiger partial charge in [-0.05, 0) is 37.3 Å². The Bertz CT molecular complexity index is 922. The molecule has 0 radical (unpaired) electrons. The van der Waals surface area contributed by atoms with Gasteiger partial charge in [-0.3, -0.25) is 9.59 Å². The summed E-state index contributed by atoms with van der Waals surface area (Å²) in [7, 11) is 1.53. The molecule has 3 rings (SSSR count). The van der Waals surface area contributed by atoms with Crippen LogP contribution < -0.4 is 10.1 Å². The van der Waals surface area contributed by atoms with Crippen LogP contribution in [0.5, 0.6) is 5.75 Å². The average Bonchev–Trinajstić information content (AvgIpc) is 2.79. The molecular weight excluding hydrogens is 386 g/mol. The van der Waals surface area contributed by atoms with Crippen LogP contribution in [0.1, 0.15) is 27.6 Å². The Labute approximate surface area is 175 Å². The molecule has 158 valence electrons. The van der Waals surface area contributed by atoms with E-state index in [9.17, 15) is 14.4 Å². The summed E-state index contributed by atoms with van der Waals surface area (Å²) in [5, 5.41) is 2.82. The number of amides is 3. The summed E-state index contributed by atoms with van der Waals surface area (Å²) in [6.45, 7) is 3.68. The summed E-state index contributed by atoms with van der Waals surface area (Å²) in [6, 6.07) is 13.7. The SMILES string of the molecule is CCOC(=O)N1CCN(C(=O)c2ccccc2NC(=O)c2cccc(OC)c2)CC1. The standard InChI is InChI=1S/C22H25N3O5/c1-3-30-22(28)25-13-11-24(12-14-25)21(27)18-9-4-5-10-19(18)23-20(26)16-7-6-8-17(15-16)29-2/h4-10,15H,3,11-14H2,1-2H3,(H,23,26). The molecule has 1 fully saturated rings. The minimum absolute atomic E-state index is 0.194. The summed E-state index contributed by atoms with van der Waals surface area (Å²) < 4.78 is 10.2. The number of rotatable bonds is 5. The third-order valence-electron chi connectivity index (χ3n) is 4.83. The number of piperazine rings is 1. The van der Waals surface area contributed by atoms with Crippen LogP contribution in [0.4, 0.5) is 10.5 Å². The molecule has 1 heterocycles. The Morgan fingerprint density at radius 2 is 1.67 bits per heavy atom. The fraction of sp³-hybridized carbons (Fsp3) is 0.318. The molecule has 8 heteroatoms. The van der Waals surface area contributed by atoms with E-state index in [4.69, 9.17) is 9.47 Å². The van der Waals surface area contributed by atoms with E-state index < -0.39 is 0 Å². The van der Waals surface area contributed by atoms with Crippen molar-refractivity contribution in [2.75, 3.05) is 45.2 Å². The third kappa shape index (κ3) is 4.89. The van der Waals surface area contributed by atoms with Crippen LogP contribution >= 0.6 is 0 Å². The highest BCUT2D eigenvalue weighted by molar-refractivity contribution is 6.09. The van der Waals surface area contributed by atoms with Gasteiger partial charge in [0.25, 0.3) is 11.8 Å². The van der Waals surface area contributed by atoms with Crippen molar-refractivity contribution in [3.63, 3.8) is 0 Å². The van der Waals surface area contributed by atoms with E-state index in [1.807, 2.05) is 0 Å². The molecule has 0 aromatic heterocycles. The average molecular weight is 411 g/mol. The molecule has 8 nitrogen and oxygen atoms in total. The molecule has 1 aliphatic rings. The third-order valence-corrected chi connectivity index (χ3v) is 4.83. The summed E-state index contributed by atoms with van der Waals surface area (Å²) >= 11 is 0. The van der Waals surface area contributed by atoms with Gasteiger partial charge in [0, 0.05) is 31.7 Å². The molecule has 0 aliphatic carbocycles. The first-order valence-electron chi connectivity index (χ1n) is 9.79. The van der Waals surface area contributed by atoms with Gasteiger partial charge in [0.15, 0.2) is 0 Å². The minimum Gasteiger partial charge on any atom is -0.497 e. The highest BCUT2D eigenvalue weighted by Gasteiger charge is 2.27. The van der Waals surface area contributed by atoms with Crippen LogP contribution in [0.15, 0.2) is 48.5 Å². The Morgan fingerprint density at radius 1 is 0.967 bits per heavy atom. The molecule has 0 atom stereocenters. The van der Waals surface area contributed by atoms with Crippen molar-refractivity contribution in [2.24, 2.45) is 0 Å². The van der Waals surface area contributed by atoms with E-state index in [-0.39, 0.29) is 17.9 Å². The van der Waals surface area contributed by atoms with Crippen LogP contribution in [0.25, 0.3) is 0 Å². The fourth-order valence-electron chi connectivity index (χ4n) is 3.21. The Balaban J connectivity index is 1.70. The van der Waals surface area contributed by atoms with Crippen molar-refractivity contribution in [2.45, 2.75) is 6.92 Å². The van der Waals surface area contributed by atoms with Crippen molar-refractivity contribution in [1.29, 1.82) is 0 Å². The van der Waals surface area contributed by atoms with E-state index in [1.165, 1.54) is 7.11 Å². The van der Waals surface area contributed by atoms with Gasteiger partial charge < -0.3 is 24.6 Å². The molecule has 1 N–H and O–H groups in total. The van der Waals surface area contributed by atoms with Crippen molar-refractivity contribution in [3.8, 4) is 5.75 Å². The van der Waals surface area contributed by atoms with Gasteiger partial charge in [0.05, 0.1) is 25.0 Å². The summed E-state index contributed by atoms with van der Waals surface area (Å²) in [5.74, 6) is 0.0489. The van der Waals surface area contributed by atoms with Gasteiger partial charge in [-0.15, -0.1) is 0 Å². The maximum absolute atomic E-state index is 13.1. The second-order valence-electron chi connectivity index (χ2n) is 6.71. The molecule has 2 aromatic rings. The molecule has 30 heavy (non-hydrogen) atoms. The molecule has 0 spiro atoms. The number of carbonyl (C=O) groups is 3. The maximum atomic E-state index is 13.1. The van der Waals surface area contributed by atoms with Gasteiger partial charge in [0.1, 0.15) is 5.75 Å². The Morgan fingerprint density at radius 3 is 2.37 bits per heavy atom. The highest BCUT2D eigenvalue weighted by Crippen LogP contribution is 2.20. The van der Waals surface area contributed by atoms with Crippen LogP contribution in [-0.4, -0.2) is 67.6 Å². The number of benzene rings is 2. The molecular formula is C22H25N3O5. The van der Waals surface area contributed by atoms with Crippen LogP contribution in [0.2, 0.25) is 0 Å². The van der Waals surface area contributed by atoms with Crippen LogP contribution in [0.3, 0.4) is 0 Å². The monoisotopic (exact) mass is 411 g/mol. The van der Waals surface area contributed by atoms with Crippen LogP contribution in [0, 0.1) is 0 Å². The summed E-state index contributed by atoms with van der Waals surface area (Å²) in [6.07, 6.45) is -0.365. The molecule has 0 unspecified atom stereocenters. The Kier molecular flexibility index (Phi) is 6.90. The number of hydrogen-bond donors (Lipinski definition) is 1. The number of hydrogen-bond acceptors (Lipinski definition) is 5. The number of para-hydroxylation sites is 1. The summed E-state index contributed by atoms with van der Waals surface area (Å²) in [4.78, 5) is 40.8. The predicted octanol–water partition coefficient (Wildman–Crippen LogP) is 2.86. The molecule has 3 amide bonds. The molecule has 1 aliphatic heterocycles. The van der Waals surface area contributed by atoms with Gasteiger partial charge in [-0.25, -0.2) is 4.79 Å². The van der Waals surface area contributed by atoms with Crippen molar-refractivity contribution in [1.82, 2.24) is 9.80 Å². The van der Waals surface area contributed by atoms with E-state index >= 15 is 0 Å². The predicted molar refractivity (Wildman–Crippen MR) is 112 cm³/mol. The quantitative estimate of drug-likeness (QED) is 0.817. The van der Waals surface area contributed by atoms with Gasteiger partial charge in [-0.2, -0.15) is 0 Å². The zero-order valence-corrected chi connectivity index (χ0v) is 17.1. The number of methoxy groups -OCH3 is 1. The fourth-order valence-corrected chi connectivity index (χ4v) is 3.21. The number of ether oxygens (including phenoxy) is 2. The number of carbonyl (C=O) groups excluding carboxylic acids is 3. The first-order valence-corrected chi connectivity index (χ1v) is 9.79. The lowest BCUT2D eigenvalue weighted by Gasteiger charge is -2.34. The zero-order valence-electron chi connectivity index (χ0n) is 17.1. The van der Waals surface area contributed by atoms with Crippen molar-refractivity contribution in [3.05, 3.63) is 59.7 Å². The summed E-state index contributed by atoms with van der Waals surface area (Å²) in [5.41, 5.74) is 1.26. The van der Waals surface area contributed by atoms with Gasteiger partial charge in [-0.1, -0.05) is 18.2 Å². The largest absolute Gasteiger partial charge is 0.497 e. The first kappa shape index (κ1) is 21.2. The van der Waals surface area contributed by atoms with Crippen LogP contribution in [-0.2, 0) is 4.74 Å². The smallest absolute Gasteiger partial charge is 0.409 e. The van der Waals surface area contributed by atoms with Gasteiger partial charge >= 0.3 is 6.09 Å². The zero-order chi connectivity index (χ0) is 21.5. The number of anilines is 1. The second kappa shape index (κ2) is 9.78. The number of nitrogens with zero attached hydrogens (tertiary/aromatic N) is 2. The lowest BCUT2D eigenvalue weighted by Crippen LogP contribution is -2.50. The maximum Gasteiger partial charge on any atom is 0.409 e. The second-order valence-corrected chi connectivity index (χ2v) is 6.71.